The second-order valence-corrected chi connectivity index (χ2v) is 7.13. The number of hydrogen-bond donors (Lipinski definition) is 0. The maximum Gasteiger partial charge on any atom is -0.0357 e. The van der Waals surface area contributed by atoms with Crippen molar-refractivity contribution in [2.24, 2.45) is 29.6 Å². The Balaban J connectivity index is 1.76. The molecule has 0 aromatic carbocycles. The third-order valence-corrected chi connectivity index (χ3v) is 5.74. The van der Waals surface area contributed by atoms with Crippen molar-refractivity contribution in [2.45, 2.75) is 78.6 Å². The fourth-order valence-electron chi connectivity index (χ4n) is 4.27. The molecule has 0 spiro atoms. The minimum Gasteiger partial charge on any atom is -0.0651 e. The maximum atomic E-state index is 2.49. The van der Waals surface area contributed by atoms with Gasteiger partial charge < -0.3 is 0 Å². The van der Waals surface area contributed by atoms with Crippen LogP contribution in [0.1, 0.15) is 78.6 Å². The SMILES string of the molecule is CCC(C)CC1C(C)CC1CC1CCCCC1. The molecule has 4 unspecified atom stereocenters. The molecule has 4 atom stereocenters. The molecule has 0 N–H and O–H groups in total. The van der Waals surface area contributed by atoms with Gasteiger partial charge in [0, 0.05) is 0 Å². The molecule has 2 rings (SSSR count). The molecule has 0 heteroatoms. The molecule has 2 saturated carbocycles. The minimum absolute atomic E-state index is 0.955. The van der Waals surface area contributed by atoms with Crippen LogP contribution in [0.3, 0.4) is 0 Å². The molecule has 0 aromatic heterocycles. The van der Waals surface area contributed by atoms with Gasteiger partial charge in [0.05, 0.1) is 0 Å². The molecule has 0 amide bonds. The van der Waals surface area contributed by atoms with Gasteiger partial charge in [-0.2, -0.15) is 0 Å². The summed E-state index contributed by atoms with van der Waals surface area (Å²) in [5.41, 5.74) is 0. The van der Waals surface area contributed by atoms with E-state index in [4.69, 9.17) is 0 Å². The number of rotatable bonds is 5. The molecular formula is C17H32. The maximum absolute atomic E-state index is 2.49. The zero-order valence-corrected chi connectivity index (χ0v) is 12.3. The predicted molar refractivity (Wildman–Crippen MR) is 76.0 cm³/mol. The molecule has 0 radical (unpaired) electrons. The first-order chi connectivity index (χ1) is 8.20. The van der Waals surface area contributed by atoms with Crippen molar-refractivity contribution in [1.82, 2.24) is 0 Å². The Hall–Kier alpha value is 0. The van der Waals surface area contributed by atoms with Gasteiger partial charge in [-0.05, 0) is 48.9 Å². The van der Waals surface area contributed by atoms with E-state index >= 15 is 0 Å². The van der Waals surface area contributed by atoms with E-state index in [0.717, 1.165) is 29.6 Å². The Bertz CT molecular complexity index is 214. The van der Waals surface area contributed by atoms with E-state index in [2.05, 4.69) is 20.8 Å². The molecule has 0 aliphatic heterocycles. The lowest BCUT2D eigenvalue weighted by Crippen LogP contribution is -2.37. The zero-order chi connectivity index (χ0) is 12.3. The first kappa shape index (κ1) is 13.4. The highest BCUT2D eigenvalue weighted by Gasteiger charge is 2.39. The molecule has 0 heterocycles. The van der Waals surface area contributed by atoms with Crippen LogP contribution in [0, 0.1) is 29.6 Å². The molecule has 100 valence electrons. The summed E-state index contributed by atoms with van der Waals surface area (Å²) < 4.78 is 0. The van der Waals surface area contributed by atoms with Crippen molar-refractivity contribution in [3.8, 4) is 0 Å². The highest BCUT2D eigenvalue weighted by molar-refractivity contribution is 4.89. The third-order valence-electron chi connectivity index (χ3n) is 5.74. The molecule has 2 fully saturated rings. The molecule has 2 aliphatic carbocycles. The van der Waals surface area contributed by atoms with Gasteiger partial charge in [0.2, 0.25) is 0 Å². The quantitative estimate of drug-likeness (QED) is 0.577. The van der Waals surface area contributed by atoms with Crippen molar-refractivity contribution in [3.63, 3.8) is 0 Å². The molecule has 0 nitrogen and oxygen atoms in total. The van der Waals surface area contributed by atoms with E-state index in [9.17, 15) is 0 Å². The number of hydrogen-bond acceptors (Lipinski definition) is 0. The average Bonchev–Trinajstić information content (AvgIpc) is 2.36. The molecular weight excluding hydrogens is 204 g/mol. The van der Waals surface area contributed by atoms with Crippen molar-refractivity contribution >= 4 is 0 Å². The van der Waals surface area contributed by atoms with Crippen LogP contribution in [0.4, 0.5) is 0 Å². The lowest BCUT2D eigenvalue weighted by molar-refractivity contribution is 0.0381. The normalized spacial score (nSPS) is 36.5. The minimum atomic E-state index is 0.955. The van der Waals surface area contributed by atoms with Crippen LogP contribution >= 0.6 is 0 Å². The summed E-state index contributed by atoms with van der Waals surface area (Å²) >= 11 is 0. The lowest BCUT2D eigenvalue weighted by Gasteiger charge is -2.46. The summed E-state index contributed by atoms with van der Waals surface area (Å²) in [7, 11) is 0. The van der Waals surface area contributed by atoms with Crippen LogP contribution < -0.4 is 0 Å². The topological polar surface area (TPSA) is 0 Å². The fourth-order valence-corrected chi connectivity index (χ4v) is 4.27. The zero-order valence-electron chi connectivity index (χ0n) is 12.3. The molecule has 0 bridgehead atoms. The third kappa shape index (κ3) is 3.48. The lowest BCUT2D eigenvalue weighted by atomic mass is 9.59. The largest absolute Gasteiger partial charge is 0.0651 e. The fraction of sp³-hybridized carbons (Fsp3) is 1.00. The van der Waals surface area contributed by atoms with Gasteiger partial charge in [0.15, 0.2) is 0 Å². The van der Waals surface area contributed by atoms with Crippen molar-refractivity contribution in [2.75, 3.05) is 0 Å². The summed E-state index contributed by atoms with van der Waals surface area (Å²) in [6.45, 7) is 7.29. The monoisotopic (exact) mass is 236 g/mol. The van der Waals surface area contributed by atoms with Gasteiger partial charge in [-0.3, -0.25) is 0 Å². The average molecular weight is 236 g/mol. The standard InChI is InChI=1S/C17H32/c1-4-13(2)10-17-14(3)11-16(17)12-15-8-6-5-7-9-15/h13-17H,4-12H2,1-3H3. The van der Waals surface area contributed by atoms with Crippen LogP contribution in [0.5, 0.6) is 0 Å². The van der Waals surface area contributed by atoms with E-state index in [1.165, 1.54) is 38.5 Å². The summed E-state index contributed by atoms with van der Waals surface area (Å²) in [4.78, 5) is 0. The first-order valence-corrected chi connectivity index (χ1v) is 8.20. The van der Waals surface area contributed by atoms with Gasteiger partial charge in [0.1, 0.15) is 0 Å². The van der Waals surface area contributed by atoms with Crippen LogP contribution in [-0.4, -0.2) is 0 Å². The summed E-state index contributed by atoms with van der Waals surface area (Å²) in [5.74, 6) is 5.25. The Morgan fingerprint density at radius 3 is 2.41 bits per heavy atom. The van der Waals surface area contributed by atoms with Gasteiger partial charge in [-0.25, -0.2) is 0 Å². The van der Waals surface area contributed by atoms with Gasteiger partial charge in [0.25, 0.3) is 0 Å². The van der Waals surface area contributed by atoms with Crippen molar-refractivity contribution < 1.29 is 0 Å². The van der Waals surface area contributed by atoms with Crippen LogP contribution in [0.25, 0.3) is 0 Å². The van der Waals surface area contributed by atoms with E-state index in [1.807, 2.05) is 0 Å². The van der Waals surface area contributed by atoms with Crippen molar-refractivity contribution in [3.05, 3.63) is 0 Å². The van der Waals surface area contributed by atoms with Gasteiger partial charge in [-0.1, -0.05) is 59.3 Å². The highest BCUT2D eigenvalue weighted by atomic mass is 14.4. The van der Waals surface area contributed by atoms with Crippen molar-refractivity contribution in [1.29, 1.82) is 0 Å². The van der Waals surface area contributed by atoms with E-state index in [1.54, 1.807) is 19.3 Å². The molecule has 0 saturated heterocycles. The summed E-state index contributed by atoms with van der Waals surface area (Å²) in [6, 6.07) is 0. The van der Waals surface area contributed by atoms with E-state index in [-0.39, 0.29) is 0 Å². The second kappa shape index (κ2) is 6.25. The molecule has 0 aromatic rings. The van der Waals surface area contributed by atoms with Crippen LogP contribution in [0.15, 0.2) is 0 Å². The van der Waals surface area contributed by atoms with Gasteiger partial charge >= 0.3 is 0 Å². The molecule has 17 heavy (non-hydrogen) atoms. The Labute approximate surface area is 109 Å². The predicted octanol–water partition coefficient (Wildman–Crippen LogP) is 5.67. The van der Waals surface area contributed by atoms with Gasteiger partial charge in [-0.15, -0.1) is 0 Å². The Kier molecular flexibility index (Phi) is 4.94. The Morgan fingerprint density at radius 1 is 1.12 bits per heavy atom. The van der Waals surface area contributed by atoms with E-state index in [0.29, 0.717) is 0 Å². The Morgan fingerprint density at radius 2 is 1.82 bits per heavy atom. The highest BCUT2D eigenvalue weighted by Crippen LogP contribution is 2.48. The van der Waals surface area contributed by atoms with Crippen LogP contribution in [0.2, 0.25) is 0 Å². The summed E-state index contributed by atoms with van der Waals surface area (Å²) in [5, 5.41) is 0. The second-order valence-electron chi connectivity index (χ2n) is 7.13. The summed E-state index contributed by atoms with van der Waals surface area (Å²) in [6.07, 6.45) is 13.6. The first-order valence-electron chi connectivity index (χ1n) is 8.20. The molecule has 2 aliphatic rings. The van der Waals surface area contributed by atoms with Crippen LogP contribution in [-0.2, 0) is 0 Å². The smallest absolute Gasteiger partial charge is 0.0357 e. The van der Waals surface area contributed by atoms with E-state index < -0.39 is 0 Å².